The molecule has 0 radical (unpaired) electrons. The molecule has 0 unspecified atom stereocenters. The van der Waals surface area contributed by atoms with Gasteiger partial charge in [-0.2, -0.15) is 0 Å². The fraction of sp³-hybridized carbons (Fsp3) is 0.273. The molecule has 128 valence electrons. The number of hydrogen-bond acceptors (Lipinski definition) is 1. The molecule has 2 aromatic carbocycles. The minimum Gasteiger partial charge on any atom is -0.358 e. The summed E-state index contributed by atoms with van der Waals surface area (Å²) in [6.07, 6.45) is 4.30. The van der Waals surface area contributed by atoms with Gasteiger partial charge in [-0.05, 0) is 73.7 Å². The Morgan fingerprint density at radius 3 is 2.72 bits per heavy atom. The van der Waals surface area contributed by atoms with Crippen LogP contribution in [0.3, 0.4) is 0 Å². The third kappa shape index (κ3) is 3.12. The van der Waals surface area contributed by atoms with Crippen LogP contribution in [0.5, 0.6) is 0 Å². The van der Waals surface area contributed by atoms with Crippen molar-refractivity contribution in [3.05, 3.63) is 70.4 Å². The summed E-state index contributed by atoms with van der Waals surface area (Å²) in [5, 5.41) is 4.10. The second kappa shape index (κ2) is 7.07. The van der Waals surface area contributed by atoms with Crippen LogP contribution in [0.2, 0.25) is 5.02 Å². The number of halogens is 1. The summed E-state index contributed by atoms with van der Waals surface area (Å²) in [6, 6.07) is 17.0. The van der Waals surface area contributed by atoms with Crippen LogP contribution in [0.15, 0.2) is 48.5 Å². The van der Waals surface area contributed by atoms with Gasteiger partial charge in [0.05, 0.1) is 0 Å². The van der Waals surface area contributed by atoms with Crippen LogP contribution < -0.4 is 5.32 Å². The van der Waals surface area contributed by atoms with E-state index >= 15 is 0 Å². The van der Waals surface area contributed by atoms with Crippen molar-refractivity contribution in [2.24, 2.45) is 0 Å². The molecule has 1 aromatic heterocycles. The van der Waals surface area contributed by atoms with E-state index in [-0.39, 0.29) is 0 Å². The molecule has 1 aliphatic rings. The van der Waals surface area contributed by atoms with Gasteiger partial charge in [-0.25, -0.2) is 0 Å². The molecule has 2 N–H and O–H groups in total. The monoisotopic (exact) mass is 350 g/mol. The van der Waals surface area contributed by atoms with Gasteiger partial charge in [0, 0.05) is 22.0 Å². The number of hydrogen-bond donors (Lipinski definition) is 2. The quantitative estimate of drug-likeness (QED) is 0.604. The molecule has 0 spiro atoms. The fourth-order valence-electron chi connectivity index (χ4n) is 3.92. The first-order valence-electron chi connectivity index (χ1n) is 9.00. The Bertz CT molecular complexity index is 881. The van der Waals surface area contributed by atoms with E-state index in [0.717, 1.165) is 37.3 Å². The van der Waals surface area contributed by atoms with E-state index in [1.807, 2.05) is 13.1 Å². The number of nitrogens with one attached hydrogen (secondary N) is 2. The fourth-order valence-corrected chi connectivity index (χ4v) is 4.12. The van der Waals surface area contributed by atoms with Crippen molar-refractivity contribution in [2.75, 3.05) is 13.6 Å². The molecule has 1 aliphatic carbocycles. The van der Waals surface area contributed by atoms with Crippen molar-refractivity contribution in [3.63, 3.8) is 0 Å². The van der Waals surface area contributed by atoms with E-state index in [1.165, 1.54) is 39.2 Å². The lowest BCUT2D eigenvalue weighted by Crippen LogP contribution is -2.09. The van der Waals surface area contributed by atoms with Gasteiger partial charge in [0.2, 0.25) is 0 Å². The predicted molar refractivity (Wildman–Crippen MR) is 106 cm³/mol. The highest BCUT2D eigenvalue weighted by Crippen LogP contribution is 2.42. The first-order chi connectivity index (χ1) is 12.3. The lowest BCUT2D eigenvalue weighted by atomic mass is 9.86. The van der Waals surface area contributed by atoms with Crippen LogP contribution in [-0.2, 0) is 19.3 Å². The summed E-state index contributed by atoms with van der Waals surface area (Å²) in [6.45, 7) is 1.03. The van der Waals surface area contributed by atoms with Crippen molar-refractivity contribution in [1.29, 1.82) is 0 Å². The first-order valence-corrected chi connectivity index (χ1v) is 9.38. The molecule has 0 saturated carbocycles. The number of H-pyrrole nitrogens is 1. The van der Waals surface area contributed by atoms with E-state index in [0.29, 0.717) is 0 Å². The van der Waals surface area contributed by atoms with Crippen LogP contribution in [0.25, 0.3) is 22.4 Å². The third-order valence-corrected chi connectivity index (χ3v) is 5.31. The molecular formula is C22H23ClN2. The summed E-state index contributed by atoms with van der Waals surface area (Å²) in [4.78, 5) is 3.75. The lowest BCUT2D eigenvalue weighted by molar-refractivity contribution is 0.726. The molecule has 0 saturated heterocycles. The Kier molecular flexibility index (Phi) is 4.65. The maximum Gasteiger partial charge on any atom is 0.0495 e. The van der Waals surface area contributed by atoms with E-state index < -0.39 is 0 Å². The Labute approximate surface area is 154 Å². The van der Waals surface area contributed by atoms with Gasteiger partial charge >= 0.3 is 0 Å². The molecule has 0 bridgehead atoms. The molecule has 0 atom stereocenters. The summed E-state index contributed by atoms with van der Waals surface area (Å²) in [5.41, 5.74) is 9.49. The standard InChI is InChI=1S/C22H23ClN2/c1-24-13-5-8-19-21-18-11-10-17(23)14-16(18)9-12-20(21)25-22(19)15-6-3-2-4-7-15/h2-4,6-7,10-11,14,24-25H,5,8-9,12-13H2,1H3. The number of benzene rings is 2. The molecule has 0 aliphatic heterocycles. The molecule has 3 aromatic rings. The highest BCUT2D eigenvalue weighted by molar-refractivity contribution is 6.30. The zero-order valence-corrected chi connectivity index (χ0v) is 15.3. The van der Waals surface area contributed by atoms with Crippen LogP contribution >= 0.6 is 11.6 Å². The summed E-state index contributed by atoms with van der Waals surface area (Å²) < 4.78 is 0. The molecule has 2 nitrogen and oxygen atoms in total. The minimum absolute atomic E-state index is 0.831. The Balaban J connectivity index is 1.86. The Morgan fingerprint density at radius 2 is 1.92 bits per heavy atom. The van der Waals surface area contributed by atoms with Crippen molar-refractivity contribution >= 4 is 11.6 Å². The van der Waals surface area contributed by atoms with Gasteiger partial charge in [-0.1, -0.05) is 48.0 Å². The second-order valence-corrected chi connectivity index (χ2v) is 7.14. The summed E-state index contributed by atoms with van der Waals surface area (Å²) in [7, 11) is 2.02. The lowest BCUT2D eigenvalue weighted by Gasteiger charge is -2.18. The molecular weight excluding hydrogens is 328 g/mol. The minimum atomic E-state index is 0.831. The first kappa shape index (κ1) is 16.4. The van der Waals surface area contributed by atoms with E-state index in [4.69, 9.17) is 11.6 Å². The van der Waals surface area contributed by atoms with Crippen LogP contribution in [0.4, 0.5) is 0 Å². The average molecular weight is 351 g/mol. The number of rotatable bonds is 5. The van der Waals surface area contributed by atoms with Crippen LogP contribution in [-0.4, -0.2) is 18.6 Å². The predicted octanol–water partition coefficient (Wildman–Crippen LogP) is 5.25. The average Bonchev–Trinajstić information content (AvgIpc) is 3.01. The highest BCUT2D eigenvalue weighted by atomic mass is 35.5. The zero-order valence-electron chi connectivity index (χ0n) is 14.5. The van der Waals surface area contributed by atoms with Gasteiger partial charge in [-0.3, -0.25) is 0 Å². The maximum absolute atomic E-state index is 6.23. The highest BCUT2D eigenvalue weighted by Gasteiger charge is 2.24. The van der Waals surface area contributed by atoms with Crippen molar-refractivity contribution in [3.8, 4) is 22.4 Å². The van der Waals surface area contributed by atoms with Crippen molar-refractivity contribution in [1.82, 2.24) is 10.3 Å². The van der Waals surface area contributed by atoms with Gasteiger partial charge in [0.1, 0.15) is 0 Å². The van der Waals surface area contributed by atoms with E-state index in [2.05, 4.69) is 52.8 Å². The third-order valence-electron chi connectivity index (χ3n) is 5.08. The second-order valence-electron chi connectivity index (χ2n) is 6.71. The smallest absolute Gasteiger partial charge is 0.0495 e. The number of aromatic nitrogens is 1. The number of aryl methyl sites for hydroxylation is 2. The molecule has 4 rings (SSSR count). The summed E-state index contributed by atoms with van der Waals surface area (Å²) >= 11 is 6.23. The van der Waals surface area contributed by atoms with Gasteiger partial charge in [-0.15, -0.1) is 0 Å². The van der Waals surface area contributed by atoms with Gasteiger partial charge in [0.15, 0.2) is 0 Å². The molecule has 25 heavy (non-hydrogen) atoms. The van der Waals surface area contributed by atoms with Crippen LogP contribution in [0, 0.1) is 0 Å². The molecule has 1 heterocycles. The summed E-state index contributed by atoms with van der Waals surface area (Å²) in [5.74, 6) is 0. The zero-order chi connectivity index (χ0) is 17.2. The van der Waals surface area contributed by atoms with Gasteiger partial charge in [0.25, 0.3) is 0 Å². The number of aromatic amines is 1. The molecule has 0 amide bonds. The van der Waals surface area contributed by atoms with Gasteiger partial charge < -0.3 is 10.3 Å². The van der Waals surface area contributed by atoms with Crippen LogP contribution in [0.1, 0.15) is 23.2 Å². The Morgan fingerprint density at radius 1 is 1.08 bits per heavy atom. The SMILES string of the molecule is CNCCCc1c(-c2ccccc2)[nH]c2c1-c1ccc(Cl)cc1CC2. The molecule has 0 fully saturated rings. The topological polar surface area (TPSA) is 27.8 Å². The maximum atomic E-state index is 6.23. The van der Waals surface area contributed by atoms with Crippen molar-refractivity contribution in [2.45, 2.75) is 25.7 Å². The van der Waals surface area contributed by atoms with E-state index in [1.54, 1.807) is 0 Å². The largest absolute Gasteiger partial charge is 0.358 e. The van der Waals surface area contributed by atoms with Crippen molar-refractivity contribution < 1.29 is 0 Å². The van der Waals surface area contributed by atoms with E-state index in [9.17, 15) is 0 Å². The number of fused-ring (bicyclic) bond motifs is 3. The Hall–Kier alpha value is -2.03. The molecule has 3 heteroatoms. The normalized spacial score (nSPS) is 12.7.